The van der Waals surface area contributed by atoms with E-state index in [4.69, 9.17) is 11.1 Å². The summed E-state index contributed by atoms with van der Waals surface area (Å²) in [4.78, 5) is 24.9. The van der Waals surface area contributed by atoms with Gasteiger partial charge in [-0.3, -0.25) is 10.2 Å². The number of hydrogen-bond donors (Lipinski definition) is 4. The van der Waals surface area contributed by atoms with Gasteiger partial charge in [0.15, 0.2) is 0 Å². The average Bonchev–Trinajstić information content (AvgIpc) is 3.24. The monoisotopic (exact) mass is 496 g/mol. The minimum Gasteiger partial charge on any atom is -0.478 e. The molecule has 0 aliphatic rings. The zero-order valence-corrected chi connectivity index (χ0v) is 21.4. The Morgan fingerprint density at radius 1 is 0.973 bits per heavy atom. The molecule has 0 atom stereocenters. The SMILES string of the molecule is CCCNC(=O)c1ccc(Cc2cn(CC)c3cc(C(=N)N)ccc23)c(-c2ccc(C)cc2C(=O)O)c1. The topological polar surface area (TPSA) is 121 Å². The molecule has 4 aromatic rings. The smallest absolute Gasteiger partial charge is 0.336 e. The second-order valence-corrected chi connectivity index (χ2v) is 9.24. The number of aromatic nitrogens is 1. The van der Waals surface area contributed by atoms with Crippen LogP contribution in [0.3, 0.4) is 0 Å². The van der Waals surface area contributed by atoms with E-state index in [0.29, 0.717) is 29.7 Å². The van der Waals surface area contributed by atoms with Gasteiger partial charge in [-0.2, -0.15) is 0 Å². The molecule has 0 aliphatic heterocycles. The Hall–Kier alpha value is -4.39. The molecule has 7 heteroatoms. The lowest BCUT2D eigenvalue weighted by atomic mass is 9.89. The Bertz CT molecular complexity index is 1520. The quantitative estimate of drug-likeness (QED) is 0.184. The third-order valence-electron chi connectivity index (χ3n) is 6.60. The van der Waals surface area contributed by atoms with Crippen LogP contribution < -0.4 is 11.1 Å². The van der Waals surface area contributed by atoms with Crippen LogP contribution in [0.15, 0.2) is 60.8 Å². The molecule has 0 bridgehead atoms. The van der Waals surface area contributed by atoms with Crippen LogP contribution in [0.5, 0.6) is 0 Å². The van der Waals surface area contributed by atoms with Crippen LogP contribution in [0.25, 0.3) is 22.0 Å². The molecular formula is C30H32N4O3. The number of benzene rings is 3. The molecule has 7 nitrogen and oxygen atoms in total. The minimum atomic E-state index is -1.01. The number of hydrogen-bond acceptors (Lipinski definition) is 3. The van der Waals surface area contributed by atoms with E-state index >= 15 is 0 Å². The standard InChI is InChI=1S/C30H32N4O3/c1-4-12-33-29(35)21-8-7-19(25(15-21)24-10-6-18(3)13-26(24)30(36)37)14-22-17-34(5-2)27-16-20(28(31)32)9-11-23(22)27/h6-11,13,15-17H,4-5,12,14H2,1-3H3,(H3,31,32)(H,33,35)(H,36,37). The molecule has 0 fully saturated rings. The van der Waals surface area contributed by atoms with Crippen molar-refractivity contribution in [2.75, 3.05) is 6.54 Å². The molecule has 0 aliphatic carbocycles. The van der Waals surface area contributed by atoms with Gasteiger partial charge in [0.1, 0.15) is 5.84 Å². The van der Waals surface area contributed by atoms with Crippen molar-refractivity contribution in [2.45, 2.75) is 40.2 Å². The second kappa shape index (κ2) is 10.7. The molecule has 3 aromatic carbocycles. The first-order valence-electron chi connectivity index (χ1n) is 12.4. The van der Waals surface area contributed by atoms with Crippen LogP contribution in [0, 0.1) is 12.3 Å². The number of nitrogens with two attached hydrogens (primary N) is 1. The van der Waals surface area contributed by atoms with Gasteiger partial charge in [-0.25, -0.2) is 4.79 Å². The number of aryl methyl sites for hydroxylation is 2. The first kappa shape index (κ1) is 25.7. The maximum absolute atomic E-state index is 12.8. The van der Waals surface area contributed by atoms with Crippen molar-refractivity contribution >= 4 is 28.6 Å². The van der Waals surface area contributed by atoms with Crippen molar-refractivity contribution in [3.63, 3.8) is 0 Å². The first-order valence-corrected chi connectivity index (χ1v) is 12.4. The van der Waals surface area contributed by atoms with E-state index in [2.05, 4.69) is 23.0 Å². The van der Waals surface area contributed by atoms with E-state index in [1.165, 1.54) is 0 Å². The number of carboxylic acids is 1. The van der Waals surface area contributed by atoms with Crippen LogP contribution in [-0.2, 0) is 13.0 Å². The summed E-state index contributed by atoms with van der Waals surface area (Å²) in [5.74, 6) is -1.17. The lowest BCUT2D eigenvalue weighted by Gasteiger charge is -2.15. The summed E-state index contributed by atoms with van der Waals surface area (Å²) in [6, 6.07) is 16.6. The fraction of sp³-hybridized carbons (Fsp3) is 0.233. The molecule has 0 radical (unpaired) electrons. The average molecular weight is 497 g/mol. The number of fused-ring (bicyclic) bond motifs is 1. The highest BCUT2D eigenvalue weighted by Crippen LogP contribution is 2.33. The van der Waals surface area contributed by atoms with Crippen LogP contribution in [0.1, 0.15) is 63.2 Å². The largest absolute Gasteiger partial charge is 0.478 e. The third kappa shape index (κ3) is 5.26. The Morgan fingerprint density at radius 3 is 2.41 bits per heavy atom. The van der Waals surface area contributed by atoms with E-state index in [-0.39, 0.29) is 17.3 Å². The van der Waals surface area contributed by atoms with Crippen molar-refractivity contribution in [1.82, 2.24) is 9.88 Å². The number of carboxylic acid groups (broad SMARTS) is 1. The summed E-state index contributed by atoms with van der Waals surface area (Å²) in [7, 11) is 0. The Morgan fingerprint density at radius 2 is 1.73 bits per heavy atom. The number of rotatable bonds is 9. The van der Waals surface area contributed by atoms with Gasteiger partial charge in [0.2, 0.25) is 0 Å². The maximum atomic E-state index is 12.8. The van der Waals surface area contributed by atoms with Crippen LogP contribution in [0.4, 0.5) is 0 Å². The van der Waals surface area contributed by atoms with Gasteiger partial charge in [0.25, 0.3) is 5.91 Å². The highest BCUT2D eigenvalue weighted by molar-refractivity contribution is 6.01. The summed E-state index contributed by atoms with van der Waals surface area (Å²) in [5.41, 5.74) is 12.2. The number of carbonyl (C=O) groups is 2. The summed E-state index contributed by atoms with van der Waals surface area (Å²) in [6.45, 7) is 7.24. The van der Waals surface area contributed by atoms with Gasteiger partial charge in [-0.15, -0.1) is 0 Å². The number of nitrogens with one attached hydrogen (secondary N) is 2. The van der Waals surface area contributed by atoms with E-state index < -0.39 is 5.97 Å². The highest BCUT2D eigenvalue weighted by atomic mass is 16.4. The molecule has 4 rings (SSSR count). The third-order valence-corrected chi connectivity index (χ3v) is 6.60. The lowest BCUT2D eigenvalue weighted by molar-refractivity contribution is 0.0697. The summed E-state index contributed by atoms with van der Waals surface area (Å²) in [6.07, 6.45) is 3.46. The van der Waals surface area contributed by atoms with E-state index in [0.717, 1.165) is 46.1 Å². The molecule has 190 valence electrons. The fourth-order valence-corrected chi connectivity index (χ4v) is 4.68. The second-order valence-electron chi connectivity index (χ2n) is 9.24. The molecular weight excluding hydrogens is 464 g/mol. The van der Waals surface area contributed by atoms with Gasteiger partial charge in [-0.05, 0) is 66.8 Å². The molecule has 0 spiro atoms. The van der Waals surface area contributed by atoms with Crippen molar-refractivity contribution in [3.05, 3.63) is 94.2 Å². The van der Waals surface area contributed by atoms with Gasteiger partial charge < -0.3 is 20.7 Å². The van der Waals surface area contributed by atoms with Gasteiger partial charge in [-0.1, -0.05) is 42.8 Å². The Kier molecular flexibility index (Phi) is 7.43. The molecule has 1 amide bonds. The molecule has 0 saturated heterocycles. The van der Waals surface area contributed by atoms with Crippen LogP contribution >= 0.6 is 0 Å². The normalized spacial score (nSPS) is 11.0. The molecule has 0 saturated carbocycles. The van der Waals surface area contributed by atoms with Gasteiger partial charge in [0, 0.05) is 47.7 Å². The first-order chi connectivity index (χ1) is 17.7. The van der Waals surface area contributed by atoms with Gasteiger partial charge in [0.05, 0.1) is 5.56 Å². The molecule has 1 heterocycles. The van der Waals surface area contributed by atoms with E-state index in [1.54, 1.807) is 18.2 Å². The van der Waals surface area contributed by atoms with Crippen molar-refractivity contribution in [1.29, 1.82) is 5.41 Å². The van der Waals surface area contributed by atoms with Gasteiger partial charge >= 0.3 is 5.97 Å². The zero-order valence-electron chi connectivity index (χ0n) is 21.4. The fourth-order valence-electron chi connectivity index (χ4n) is 4.68. The summed E-state index contributed by atoms with van der Waals surface area (Å²) < 4.78 is 2.12. The molecule has 37 heavy (non-hydrogen) atoms. The maximum Gasteiger partial charge on any atom is 0.336 e. The molecule has 1 aromatic heterocycles. The van der Waals surface area contributed by atoms with Crippen molar-refractivity contribution in [3.8, 4) is 11.1 Å². The molecule has 0 unspecified atom stereocenters. The van der Waals surface area contributed by atoms with Crippen molar-refractivity contribution < 1.29 is 14.7 Å². The zero-order chi connectivity index (χ0) is 26.7. The Balaban J connectivity index is 1.88. The number of aromatic carboxylic acids is 1. The van der Waals surface area contributed by atoms with E-state index in [1.807, 2.05) is 50.2 Å². The lowest BCUT2D eigenvalue weighted by Crippen LogP contribution is -2.24. The number of amides is 1. The highest BCUT2D eigenvalue weighted by Gasteiger charge is 2.19. The Labute approximate surface area is 216 Å². The number of amidine groups is 1. The predicted octanol–water partition coefficient (Wildman–Crippen LogP) is 5.35. The minimum absolute atomic E-state index is 0.0205. The van der Waals surface area contributed by atoms with Crippen molar-refractivity contribution in [2.24, 2.45) is 5.73 Å². The van der Waals surface area contributed by atoms with Crippen LogP contribution in [0.2, 0.25) is 0 Å². The number of carbonyl (C=O) groups excluding carboxylic acids is 1. The number of nitrogen functional groups attached to an aromatic ring is 1. The van der Waals surface area contributed by atoms with E-state index in [9.17, 15) is 14.7 Å². The summed E-state index contributed by atoms with van der Waals surface area (Å²) >= 11 is 0. The number of nitrogens with zero attached hydrogens (tertiary/aromatic N) is 1. The van der Waals surface area contributed by atoms with Crippen LogP contribution in [-0.4, -0.2) is 33.9 Å². The summed E-state index contributed by atoms with van der Waals surface area (Å²) in [5, 5.41) is 21.7. The molecule has 5 N–H and O–H groups in total. The predicted molar refractivity (Wildman–Crippen MR) is 148 cm³/mol.